The van der Waals surface area contributed by atoms with Crippen molar-refractivity contribution in [2.45, 2.75) is 44.6 Å². The molecule has 0 saturated carbocycles. The summed E-state index contributed by atoms with van der Waals surface area (Å²) in [4.78, 5) is 11.0. The molecule has 0 aliphatic rings. The van der Waals surface area contributed by atoms with E-state index in [1.54, 1.807) is 13.8 Å². The number of carbonyl (C=O) groups is 1. The van der Waals surface area contributed by atoms with Crippen molar-refractivity contribution in [3.8, 4) is 0 Å². The zero-order valence-electron chi connectivity index (χ0n) is 12.4. The van der Waals surface area contributed by atoms with Crippen molar-refractivity contribution in [1.29, 1.82) is 0 Å². The highest BCUT2D eigenvalue weighted by atomic mass is 32.2. The Bertz CT molecular complexity index is 624. The summed E-state index contributed by atoms with van der Waals surface area (Å²) in [5.41, 5.74) is 1.01. The molecule has 1 rings (SSSR count). The fourth-order valence-electron chi connectivity index (χ4n) is 1.95. The zero-order chi connectivity index (χ0) is 16.2. The second-order valence-electron chi connectivity index (χ2n) is 5.02. The molecule has 0 spiro atoms. The number of aliphatic hydroxyl groups is 1. The number of aryl methyl sites for hydroxylation is 1. The van der Waals surface area contributed by atoms with Crippen LogP contribution in [0.15, 0.2) is 17.0 Å². The molecule has 0 aromatic heterocycles. The van der Waals surface area contributed by atoms with Crippen molar-refractivity contribution in [3.63, 3.8) is 0 Å². The minimum Gasteiger partial charge on any atom is -0.478 e. The van der Waals surface area contributed by atoms with Crippen molar-refractivity contribution in [2.75, 3.05) is 6.54 Å². The molecule has 0 aliphatic carbocycles. The smallest absolute Gasteiger partial charge is 0.335 e. The monoisotopic (exact) mass is 315 g/mol. The Hall–Kier alpha value is -1.44. The van der Waals surface area contributed by atoms with Gasteiger partial charge in [0, 0.05) is 6.54 Å². The molecular formula is C14H21NO5S. The van der Waals surface area contributed by atoms with E-state index in [4.69, 9.17) is 5.11 Å². The van der Waals surface area contributed by atoms with Crippen molar-refractivity contribution in [2.24, 2.45) is 0 Å². The summed E-state index contributed by atoms with van der Waals surface area (Å²) in [7, 11) is -3.86. The summed E-state index contributed by atoms with van der Waals surface area (Å²) >= 11 is 0. The maximum atomic E-state index is 12.3. The molecule has 118 valence electrons. The topological polar surface area (TPSA) is 104 Å². The molecule has 0 fully saturated rings. The van der Waals surface area contributed by atoms with Gasteiger partial charge in [0.25, 0.3) is 0 Å². The molecule has 7 heteroatoms. The Morgan fingerprint density at radius 1 is 1.33 bits per heavy atom. The summed E-state index contributed by atoms with van der Waals surface area (Å²) in [6.07, 6.45) is 0.486. The second kappa shape index (κ2) is 7.02. The van der Waals surface area contributed by atoms with Gasteiger partial charge in [0.05, 0.1) is 16.6 Å². The van der Waals surface area contributed by atoms with Gasteiger partial charge in [-0.15, -0.1) is 0 Å². The largest absolute Gasteiger partial charge is 0.478 e. The van der Waals surface area contributed by atoms with E-state index in [1.165, 1.54) is 6.07 Å². The van der Waals surface area contributed by atoms with Gasteiger partial charge < -0.3 is 10.2 Å². The molecule has 0 heterocycles. The predicted octanol–water partition coefficient (Wildman–Crippen LogP) is 1.44. The van der Waals surface area contributed by atoms with Gasteiger partial charge in [-0.05, 0) is 43.5 Å². The third-order valence-corrected chi connectivity index (χ3v) is 4.84. The normalized spacial score (nSPS) is 13.1. The minimum atomic E-state index is -3.86. The van der Waals surface area contributed by atoms with Gasteiger partial charge in [-0.1, -0.05) is 13.3 Å². The summed E-state index contributed by atoms with van der Waals surface area (Å²) in [6, 6.07) is 2.57. The lowest BCUT2D eigenvalue weighted by Gasteiger charge is -2.14. The number of rotatable bonds is 7. The zero-order valence-corrected chi connectivity index (χ0v) is 13.2. The fourth-order valence-corrected chi connectivity index (χ4v) is 3.36. The highest BCUT2D eigenvalue weighted by molar-refractivity contribution is 7.89. The van der Waals surface area contributed by atoms with Gasteiger partial charge in [-0.2, -0.15) is 0 Å². The van der Waals surface area contributed by atoms with Crippen LogP contribution in [0, 0.1) is 13.8 Å². The lowest BCUT2D eigenvalue weighted by atomic mass is 10.1. The number of carboxylic acids is 1. The Morgan fingerprint density at radius 3 is 2.48 bits per heavy atom. The average Bonchev–Trinajstić information content (AvgIpc) is 2.39. The molecule has 1 aromatic carbocycles. The molecule has 0 bridgehead atoms. The van der Waals surface area contributed by atoms with Crippen LogP contribution in [0.2, 0.25) is 0 Å². The first-order valence-corrected chi connectivity index (χ1v) is 8.19. The van der Waals surface area contributed by atoms with E-state index in [0.29, 0.717) is 17.5 Å². The van der Waals surface area contributed by atoms with Gasteiger partial charge in [0.2, 0.25) is 10.0 Å². The quantitative estimate of drug-likeness (QED) is 0.706. The molecule has 0 aliphatic heterocycles. The van der Waals surface area contributed by atoms with E-state index < -0.39 is 22.1 Å². The number of hydrogen-bond acceptors (Lipinski definition) is 4. The first kappa shape index (κ1) is 17.6. The second-order valence-corrected chi connectivity index (χ2v) is 6.75. The number of hydrogen-bond donors (Lipinski definition) is 3. The highest BCUT2D eigenvalue weighted by Crippen LogP contribution is 2.21. The molecule has 0 saturated heterocycles. The van der Waals surface area contributed by atoms with Gasteiger partial charge in [0.1, 0.15) is 0 Å². The lowest BCUT2D eigenvalue weighted by molar-refractivity contribution is 0.0696. The van der Waals surface area contributed by atoms with Crippen molar-refractivity contribution < 1.29 is 23.4 Å². The lowest BCUT2D eigenvalue weighted by Crippen LogP contribution is -2.32. The van der Waals surface area contributed by atoms with Crippen LogP contribution < -0.4 is 4.72 Å². The highest BCUT2D eigenvalue weighted by Gasteiger charge is 2.21. The van der Waals surface area contributed by atoms with Crippen LogP contribution in [0.1, 0.15) is 41.3 Å². The molecule has 0 radical (unpaired) electrons. The van der Waals surface area contributed by atoms with Crippen molar-refractivity contribution in [1.82, 2.24) is 4.72 Å². The number of carboxylic acid groups (broad SMARTS) is 1. The molecule has 1 atom stereocenters. The van der Waals surface area contributed by atoms with Crippen molar-refractivity contribution >= 4 is 16.0 Å². The maximum Gasteiger partial charge on any atom is 0.335 e. The Balaban J connectivity index is 3.10. The number of aliphatic hydroxyl groups excluding tert-OH is 1. The standard InChI is InChI=1S/C14H21NO5S/c1-4-5-12(16)8-15-21(19,20)13-7-11(14(17)18)6-9(2)10(13)3/h6-7,12,15-16H,4-5,8H2,1-3H3,(H,17,18). The van der Waals surface area contributed by atoms with Crippen LogP contribution in [0.5, 0.6) is 0 Å². The summed E-state index contributed by atoms with van der Waals surface area (Å²) in [5.74, 6) is -1.18. The van der Waals surface area contributed by atoms with E-state index in [1.807, 2.05) is 6.92 Å². The average molecular weight is 315 g/mol. The van der Waals surface area contributed by atoms with Crippen LogP contribution in [0.4, 0.5) is 0 Å². The maximum absolute atomic E-state index is 12.3. The SMILES string of the molecule is CCCC(O)CNS(=O)(=O)c1cc(C(=O)O)cc(C)c1C. The third kappa shape index (κ3) is 4.52. The molecular weight excluding hydrogens is 294 g/mol. The van der Waals surface area contributed by atoms with Crippen LogP contribution in [-0.2, 0) is 10.0 Å². The Labute approximate surface area is 124 Å². The van der Waals surface area contributed by atoms with E-state index in [2.05, 4.69) is 4.72 Å². The first-order valence-electron chi connectivity index (χ1n) is 6.71. The number of sulfonamides is 1. The first-order chi connectivity index (χ1) is 9.69. The third-order valence-electron chi connectivity index (χ3n) is 3.29. The summed E-state index contributed by atoms with van der Waals surface area (Å²) in [5, 5.41) is 18.6. The van der Waals surface area contributed by atoms with E-state index >= 15 is 0 Å². The predicted molar refractivity (Wildman–Crippen MR) is 79.0 cm³/mol. The molecule has 1 unspecified atom stereocenters. The van der Waals surface area contributed by atoms with Crippen LogP contribution in [0.3, 0.4) is 0 Å². The van der Waals surface area contributed by atoms with Crippen LogP contribution in [0.25, 0.3) is 0 Å². The van der Waals surface area contributed by atoms with Gasteiger partial charge in [-0.3, -0.25) is 0 Å². The number of aromatic carboxylic acids is 1. The van der Waals surface area contributed by atoms with E-state index in [0.717, 1.165) is 12.5 Å². The molecule has 0 amide bonds. The number of nitrogens with one attached hydrogen (secondary N) is 1. The molecule has 21 heavy (non-hydrogen) atoms. The van der Waals surface area contributed by atoms with Gasteiger partial charge in [0.15, 0.2) is 0 Å². The van der Waals surface area contributed by atoms with Crippen LogP contribution in [-0.4, -0.2) is 37.2 Å². The van der Waals surface area contributed by atoms with Crippen LogP contribution >= 0.6 is 0 Å². The van der Waals surface area contributed by atoms with Gasteiger partial charge in [-0.25, -0.2) is 17.9 Å². The van der Waals surface area contributed by atoms with Gasteiger partial charge >= 0.3 is 5.97 Å². The molecule has 3 N–H and O–H groups in total. The fraction of sp³-hybridized carbons (Fsp3) is 0.500. The van der Waals surface area contributed by atoms with E-state index in [-0.39, 0.29) is 17.0 Å². The minimum absolute atomic E-state index is 0.0661. The number of benzene rings is 1. The van der Waals surface area contributed by atoms with Crippen molar-refractivity contribution in [3.05, 3.63) is 28.8 Å². The Kier molecular flexibility index (Phi) is 5.88. The summed E-state index contributed by atoms with van der Waals surface area (Å²) in [6.45, 7) is 5.08. The summed E-state index contributed by atoms with van der Waals surface area (Å²) < 4.78 is 26.9. The molecule has 6 nitrogen and oxygen atoms in total. The van der Waals surface area contributed by atoms with E-state index in [9.17, 15) is 18.3 Å². The Morgan fingerprint density at radius 2 is 1.95 bits per heavy atom. The molecule has 1 aromatic rings.